The minimum absolute atomic E-state index is 0.237. The molecule has 0 spiro atoms. The molecule has 0 aliphatic heterocycles. The Hall–Kier alpha value is -2.45. The van der Waals surface area contributed by atoms with Crippen LogP contribution in [0, 0.1) is 0 Å². The van der Waals surface area contributed by atoms with Gasteiger partial charge in [-0.05, 0) is 30.0 Å². The van der Waals surface area contributed by atoms with E-state index in [0.717, 1.165) is 10.1 Å². The average molecular weight is 347 g/mol. The molecule has 0 fully saturated rings. The summed E-state index contributed by atoms with van der Waals surface area (Å²) in [5, 5.41) is 11.8. The van der Waals surface area contributed by atoms with Crippen LogP contribution in [-0.4, -0.2) is 30.6 Å². The van der Waals surface area contributed by atoms with Gasteiger partial charge in [0.2, 0.25) is 0 Å². The lowest BCUT2D eigenvalue weighted by Crippen LogP contribution is -2.13. The van der Waals surface area contributed by atoms with Crippen molar-refractivity contribution in [2.45, 2.75) is 10.1 Å². The highest BCUT2D eigenvalue weighted by atomic mass is 35.5. The molecule has 0 unspecified atom stereocenters. The molecule has 2 aromatic heterocycles. The molecule has 0 saturated carbocycles. The molecule has 0 atom stereocenters. The van der Waals surface area contributed by atoms with E-state index in [2.05, 4.69) is 25.5 Å². The van der Waals surface area contributed by atoms with Gasteiger partial charge in [-0.2, -0.15) is 0 Å². The van der Waals surface area contributed by atoms with Crippen molar-refractivity contribution in [1.29, 1.82) is 0 Å². The van der Waals surface area contributed by atoms with Gasteiger partial charge < -0.3 is 9.88 Å². The third-order valence-electron chi connectivity index (χ3n) is 2.86. The first-order valence-corrected chi connectivity index (χ1v) is 7.71. The van der Waals surface area contributed by atoms with E-state index in [4.69, 9.17) is 11.6 Å². The molecule has 116 valence electrons. The summed E-state index contributed by atoms with van der Waals surface area (Å²) in [6.07, 6.45) is 5.98. The second-order valence-electron chi connectivity index (χ2n) is 4.52. The summed E-state index contributed by atoms with van der Waals surface area (Å²) < 4.78 is 1.80. The van der Waals surface area contributed by atoms with Gasteiger partial charge in [-0.1, -0.05) is 11.6 Å². The minimum atomic E-state index is -0.345. The fourth-order valence-electron chi connectivity index (χ4n) is 1.74. The van der Waals surface area contributed by atoms with Gasteiger partial charge >= 0.3 is 0 Å². The Morgan fingerprint density at radius 1 is 1.35 bits per heavy atom. The van der Waals surface area contributed by atoms with Crippen molar-refractivity contribution < 1.29 is 4.79 Å². The fourth-order valence-corrected chi connectivity index (χ4v) is 2.80. The number of hydrogen-bond donors (Lipinski definition) is 1. The van der Waals surface area contributed by atoms with E-state index in [0.29, 0.717) is 10.7 Å². The zero-order chi connectivity index (χ0) is 16.2. The highest BCUT2D eigenvalue weighted by Gasteiger charge is 2.11. The molecule has 0 saturated heterocycles. The molecular weight excluding hydrogens is 336 g/mol. The highest BCUT2D eigenvalue weighted by Crippen LogP contribution is 2.33. The van der Waals surface area contributed by atoms with E-state index < -0.39 is 0 Å². The van der Waals surface area contributed by atoms with Crippen molar-refractivity contribution in [2.24, 2.45) is 7.05 Å². The summed E-state index contributed by atoms with van der Waals surface area (Å²) in [4.78, 5) is 20.7. The van der Waals surface area contributed by atoms with E-state index in [9.17, 15) is 4.79 Å². The molecule has 3 aromatic rings. The summed E-state index contributed by atoms with van der Waals surface area (Å²) in [5.74, 6) is -0.345. The van der Waals surface area contributed by atoms with Crippen LogP contribution in [0.2, 0.25) is 5.02 Å². The molecule has 0 bridgehead atoms. The zero-order valence-electron chi connectivity index (χ0n) is 12.0. The van der Waals surface area contributed by atoms with Crippen molar-refractivity contribution in [3.05, 3.63) is 53.8 Å². The number of aryl methyl sites for hydroxylation is 1. The van der Waals surface area contributed by atoms with Crippen LogP contribution in [0.1, 0.15) is 10.5 Å². The number of amides is 1. The van der Waals surface area contributed by atoms with Crippen molar-refractivity contribution in [2.75, 3.05) is 5.32 Å². The molecule has 23 heavy (non-hydrogen) atoms. The number of carbonyl (C=O) groups excluding carboxylic acids is 1. The Morgan fingerprint density at radius 2 is 2.22 bits per heavy atom. The van der Waals surface area contributed by atoms with E-state index in [1.165, 1.54) is 30.4 Å². The van der Waals surface area contributed by atoms with E-state index in [-0.39, 0.29) is 11.6 Å². The van der Waals surface area contributed by atoms with Crippen LogP contribution < -0.4 is 5.32 Å². The minimum Gasteiger partial charge on any atom is -0.321 e. The lowest BCUT2D eigenvalue weighted by atomic mass is 10.3. The maximum atomic E-state index is 12.0. The molecule has 9 heteroatoms. The second-order valence-corrected chi connectivity index (χ2v) is 5.93. The third kappa shape index (κ3) is 3.66. The number of benzene rings is 1. The number of halogens is 1. The molecule has 0 aliphatic rings. The second kappa shape index (κ2) is 6.76. The maximum absolute atomic E-state index is 12.0. The number of nitrogens with one attached hydrogen (secondary N) is 1. The quantitative estimate of drug-likeness (QED) is 0.781. The SMILES string of the molecule is Cn1cnnc1Sc1ccc(NC(=O)c2cnccn2)cc1Cl. The summed E-state index contributed by atoms with van der Waals surface area (Å²) in [6.45, 7) is 0. The number of rotatable bonds is 4. The van der Waals surface area contributed by atoms with Gasteiger partial charge in [-0.15, -0.1) is 10.2 Å². The van der Waals surface area contributed by atoms with Gasteiger partial charge in [0.25, 0.3) is 5.91 Å². The Kier molecular flexibility index (Phi) is 4.54. The highest BCUT2D eigenvalue weighted by molar-refractivity contribution is 7.99. The summed E-state index contributed by atoms with van der Waals surface area (Å²) >= 11 is 7.66. The summed E-state index contributed by atoms with van der Waals surface area (Å²) in [5.41, 5.74) is 0.814. The number of nitrogens with zero attached hydrogens (tertiary/aromatic N) is 5. The molecular formula is C14H11ClN6OS. The number of aromatic nitrogens is 5. The van der Waals surface area contributed by atoms with Crippen molar-refractivity contribution in [3.8, 4) is 0 Å². The van der Waals surface area contributed by atoms with E-state index in [1.807, 2.05) is 13.1 Å². The van der Waals surface area contributed by atoms with Crippen LogP contribution in [0.3, 0.4) is 0 Å². The Morgan fingerprint density at radius 3 is 2.87 bits per heavy atom. The topological polar surface area (TPSA) is 85.6 Å². The largest absolute Gasteiger partial charge is 0.321 e. The molecule has 1 N–H and O–H groups in total. The molecule has 0 aliphatic carbocycles. The van der Waals surface area contributed by atoms with Gasteiger partial charge in [-0.3, -0.25) is 9.78 Å². The van der Waals surface area contributed by atoms with Gasteiger partial charge in [0, 0.05) is 30.0 Å². The number of anilines is 1. The number of hydrogen-bond acceptors (Lipinski definition) is 6. The number of carbonyl (C=O) groups is 1. The zero-order valence-corrected chi connectivity index (χ0v) is 13.5. The van der Waals surface area contributed by atoms with Gasteiger partial charge in [0.1, 0.15) is 12.0 Å². The third-order valence-corrected chi connectivity index (χ3v) is 4.41. The van der Waals surface area contributed by atoms with Crippen molar-refractivity contribution in [1.82, 2.24) is 24.7 Å². The first-order chi connectivity index (χ1) is 11.1. The fraction of sp³-hybridized carbons (Fsp3) is 0.0714. The van der Waals surface area contributed by atoms with E-state index >= 15 is 0 Å². The first kappa shape index (κ1) is 15.4. The van der Waals surface area contributed by atoms with Crippen LogP contribution in [0.25, 0.3) is 0 Å². The first-order valence-electron chi connectivity index (χ1n) is 6.52. The van der Waals surface area contributed by atoms with Gasteiger partial charge in [0.15, 0.2) is 5.16 Å². The lowest BCUT2D eigenvalue weighted by Gasteiger charge is -2.08. The van der Waals surface area contributed by atoms with Gasteiger partial charge in [0.05, 0.1) is 11.2 Å². The summed E-state index contributed by atoms with van der Waals surface area (Å²) in [6, 6.07) is 5.25. The normalized spacial score (nSPS) is 10.5. The van der Waals surface area contributed by atoms with Crippen LogP contribution in [0.15, 0.2) is 53.2 Å². The van der Waals surface area contributed by atoms with Crippen LogP contribution >= 0.6 is 23.4 Å². The Balaban J connectivity index is 1.74. The predicted octanol–water partition coefficient (Wildman–Crippen LogP) is 2.66. The predicted molar refractivity (Wildman–Crippen MR) is 86.6 cm³/mol. The smallest absolute Gasteiger partial charge is 0.275 e. The standard InChI is InChI=1S/C14H11ClN6OS/c1-21-8-18-20-14(21)23-12-3-2-9(6-10(12)15)19-13(22)11-7-16-4-5-17-11/h2-8H,1H3,(H,19,22). The Bertz CT molecular complexity index is 838. The monoisotopic (exact) mass is 346 g/mol. The van der Waals surface area contributed by atoms with E-state index in [1.54, 1.807) is 23.0 Å². The molecule has 2 heterocycles. The molecule has 3 rings (SSSR count). The lowest BCUT2D eigenvalue weighted by molar-refractivity contribution is 0.102. The summed E-state index contributed by atoms with van der Waals surface area (Å²) in [7, 11) is 1.85. The van der Waals surface area contributed by atoms with Crippen LogP contribution in [0.4, 0.5) is 5.69 Å². The van der Waals surface area contributed by atoms with Crippen molar-refractivity contribution >= 4 is 35.0 Å². The average Bonchev–Trinajstić information content (AvgIpc) is 2.96. The Labute approximate surface area is 141 Å². The van der Waals surface area contributed by atoms with Crippen LogP contribution in [-0.2, 0) is 7.05 Å². The molecule has 1 aromatic carbocycles. The van der Waals surface area contributed by atoms with Gasteiger partial charge in [-0.25, -0.2) is 4.98 Å². The molecule has 1 amide bonds. The molecule has 7 nitrogen and oxygen atoms in total. The maximum Gasteiger partial charge on any atom is 0.275 e. The van der Waals surface area contributed by atoms with Crippen LogP contribution in [0.5, 0.6) is 0 Å². The molecule has 0 radical (unpaired) electrons. The van der Waals surface area contributed by atoms with Crippen molar-refractivity contribution in [3.63, 3.8) is 0 Å².